The van der Waals surface area contributed by atoms with Crippen molar-refractivity contribution >= 4 is 11.6 Å². The number of hydrogen-bond donors (Lipinski definition) is 0. The molecule has 0 atom stereocenters. The van der Waals surface area contributed by atoms with E-state index in [1.165, 1.54) is 18.5 Å². The molecule has 1 heterocycles. The highest BCUT2D eigenvalue weighted by atomic mass is 19.1. The highest BCUT2D eigenvalue weighted by molar-refractivity contribution is 5.81. The molecule has 24 heavy (non-hydrogen) atoms. The fourth-order valence-corrected chi connectivity index (χ4v) is 2.35. The summed E-state index contributed by atoms with van der Waals surface area (Å²) in [5.41, 5.74) is 1.85. The van der Waals surface area contributed by atoms with E-state index in [-0.39, 0.29) is 0 Å². The molecule has 1 aromatic heterocycles. The van der Waals surface area contributed by atoms with E-state index in [1.807, 2.05) is 30.3 Å². The summed E-state index contributed by atoms with van der Waals surface area (Å²) < 4.78 is 34.1. The molecule has 0 spiro atoms. The lowest BCUT2D eigenvalue weighted by Gasteiger charge is -2.10. The molecule has 122 valence electrons. The summed E-state index contributed by atoms with van der Waals surface area (Å²) >= 11 is 0. The molecule has 0 aliphatic carbocycles. The largest absolute Gasteiger partial charge is 0.497 e. The van der Waals surface area contributed by atoms with E-state index < -0.39 is 11.6 Å². The number of aromatic nitrogens is 3. The van der Waals surface area contributed by atoms with E-state index in [2.05, 4.69) is 10.1 Å². The zero-order chi connectivity index (χ0) is 16.9. The minimum atomic E-state index is -0.616. The maximum Gasteiger partial charge on any atom is 0.137 e. The lowest BCUT2D eigenvalue weighted by atomic mass is 10.0. The van der Waals surface area contributed by atoms with Gasteiger partial charge in [0.25, 0.3) is 0 Å². The molecule has 3 aromatic rings. The third kappa shape index (κ3) is 3.65. The van der Waals surface area contributed by atoms with Gasteiger partial charge in [-0.15, -0.1) is 0 Å². The molecule has 0 N–H and O–H groups in total. The molecule has 0 aliphatic rings. The van der Waals surface area contributed by atoms with E-state index in [9.17, 15) is 8.78 Å². The molecule has 0 unspecified atom stereocenters. The zero-order valence-electron chi connectivity index (χ0n) is 13.0. The van der Waals surface area contributed by atoms with Crippen LogP contribution in [-0.4, -0.2) is 21.9 Å². The number of nitrogens with zero attached hydrogens (tertiary/aromatic N) is 3. The Hall–Kier alpha value is -3.02. The predicted octanol–water partition coefficient (Wildman–Crippen LogP) is 3.81. The van der Waals surface area contributed by atoms with Gasteiger partial charge in [0.15, 0.2) is 0 Å². The second kappa shape index (κ2) is 7.04. The number of ether oxygens (including phenoxy) is 1. The van der Waals surface area contributed by atoms with Crippen molar-refractivity contribution in [1.82, 2.24) is 14.8 Å². The van der Waals surface area contributed by atoms with E-state index >= 15 is 0 Å². The van der Waals surface area contributed by atoms with E-state index in [0.29, 0.717) is 17.7 Å². The van der Waals surface area contributed by atoms with Gasteiger partial charge in [0, 0.05) is 11.6 Å². The normalized spacial score (nSPS) is 11.5. The van der Waals surface area contributed by atoms with Crippen molar-refractivity contribution in [3.05, 3.63) is 77.9 Å². The number of benzene rings is 2. The maximum absolute atomic E-state index is 14.2. The zero-order valence-corrected chi connectivity index (χ0v) is 13.0. The Labute approximate surface area is 138 Å². The molecule has 6 heteroatoms. The van der Waals surface area contributed by atoms with Gasteiger partial charge in [0.05, 0.1) is 13.7 Å². The Bertz CT molecular complexity index is 843. The predicted molar refractivity (Wildman–Crippen MR) is 87.2 cm³/mol. The van der Waals surface area contributed by atoms with Crippen molar-refractivity contribution in [3.63, 3.8) is 0 Å². The monoisotopic (exact) mass is 327 g/mol. The Morgan fingerprint density at radius 2 is 1.96 bits per heavy atom. The molecular formula is C18H15F2N3O. The first-order chi connectivity index (χ1) is 11.7. The van der Waals surface area contributed by atoms with E-state index in [0.717, 1.165) is 17.4 Å². The molecule has 0 bridgehead atoms. The third-order valence-electron chi connectivity index (χ3n) is 3.53. The van der Waals surface area contributed by atoms with Gasteiger partial charge in [-0.2, -0.15) is 5.10 Å². The molecule has 0 saturated heterocycles. The van der Waals surface area contributed by atoms with Gasteiger partial charge < -0.3 is 4.74 Å². The highest BCUT2D eigenvalue weighted by Crippen LogP contribution is 2.24. The molecule has 0 saturated carbocycles. The second-order valence-corrected chi connectivity index (χ2v) is 5.16. The smallest absolute Gasteiger partial charge is 0.137 e. The topological polar surface area (TPSA) is 39.9 Å². The number of hydrogen-bond acceptors (Lipinski definition) is 3. The summed E-state index contributed by atoms with van der Waals surface area (Å²) in [6, 6.07) is 10.9. The Morgan fingerprint density at radius 3 is 2.58 bits per heavy atom. The van der Waals surface area contributed by atoms with Crippen LogP contribution in [0.1, 0.15) is 11.1 Å². The van der Waals surface area contributed by atoms with Crippen LogP contribution < -0.4 is 4.74 Å². The minimum Gasteiger partial charge on any atom is -0.497 e. The van der Waals surface area contributed by atoms with Crippen LogP contribution in [0.15, 0.2) is 55.1 Å². The molecule has 3 rings (SSSR count). The Kier molecular flexibility index (Phi) is 4.65. The quantitative estimate of drug-likeness (QED) is 0.669. The highest BCUT2D eigenvalue weighted by Gasteiger charge is 2.11. The van der Waals surface area contributed by atoms with E-state index in [4.69, 9.17) is 4.74 Å². The van der Waals surface area contributed by atoms with Crippen LogP contribution in [0.5, 0.6) is 5.75 Å². The van der Waals surface area contributed by atoms with Crippen LogP contribution in [-0.2, 0) is 6.54 Å². The van der Waals surface area contributed by atoms with Gasteiger partial charge in [-0.05, 0) is 41.5 Å². The van der Waals surface area contributed by atoms with Crippen LogP contribution in [0.2, 0.25) is 0 Å². The second-order valence-electron chi connectivity index (χ2n) is 5.16. The average Bonchev–Trinajstić information content (AvgIpc) is 3.08. The maximum atomic E-state index is 14.2. The first-order valence-corrected chi connectivity index (χ1v) is 7.28. The van der Waals surface area contributed by atoms with Crippen LogP contribution in [0.25, 0.3) is 11.6 Å². The number of allylic oxidation sites excluding steroid dienone is 1. The summed E-state index contributed by atoms with van der Waals surface area (Å²) in [4.78, 5) is 3.89. The summed E-state index contributed by atoms with van der Waals surface area (Å²) in [5, 5.41) is 4.05. The lowest BCUT2D eigenvalue weighted by Crippen LogP contribution is -2.03. The van der Waals surface area contributed by atoms with Gasteiger partial charge in [-0.1, -0.05) is 12.1 Å². The molecule has 0 fully saturated rings. The molecule has 0 radical (unpaired) electrons. The molecule has 4 nitrogen and oxygen atoms in total. The molecule has 2 aromatic carbocycles. The summed E-state index contributed by atoms with van der Waals surface area (Å²) in [6.07, 6.45) is 4.78. The van der Waals surface area contributed by atoms with Crippen molar-refractivity contribution in [2.24, 2.45) is 0 Å². The van der Waals surface area contributed by atoms with Gasteiger partial charge in [0.1, 0.15) is 30.0 Å². The van der Waals surface area contributed by atoms with Gasteiger partial charge in [0.2, 0.25) is 0 Å². The minimum absolute atomic E-state index is 0.314. The van der Waals surface area contributed by atoms with Crippen LogP contribution >= 0.6 is 0 Å². The fourth-order valence-electron chi connectivity index (χ4n) is 2.35. The van der Waals surface area contributed by atoms with Gasteiger partial charge in [-0.25, -0.2) is 18.4 Å². The van der Waals surface area contributed by atoms with Crippen molar-refractivity contribution in [2.75, 3.05) is 7.11 Å². The first-order valence-electron chi connectivity index (χ1n) is 7.28. The van der Waals surface area contributed by atoms with Crippen molar-refractivity contribution in [2.45, 2.75) is 6.54 Å². The first kappa shape index (κ1) is 15.9. The SMILES string of the molecule is COc1ccc(C=C(Cn2cncn2)c2ccc(F)cc2F)cc1. The van der Waals surface area contributed by atoms with E-state index in [1.54, 1.807) is 18.1 Å². The number of rotatable bonds is 5. The Balaban J connectivity index is 2.01. The molecule has 0 amide bonds. The summed E-state index contributed by atoms with van der Waals surface area (Å²) in [7, 11) is 1.59. The average molecular weight is 327 g/mol. The molecule has 0 aliphatic heterocycles. The molecular weight excluding hydrogens is 312 g/mol. The lowest BCUT2D eigenvalue weighted by molar-refractivity contribution is 0.415. The fraction of sp³-hybridized carbons (Fsp3) is 0.111. The number of halogens is 2. The Morgan fingerprint density at radius 1 is 1.17 bits per heavy atom. The number of methoxy groups -OCH3 is 1. The summed E-state index contributed by atoms with van der Waals surface area (Å²) in [5.74, 6) is -0.492. The van der Waals surface area contributed by atoms with Crippen LogP contribution in [0.4, 0.5) is 8.78 Å². The van der Waals surface area contributed by atoms with Gasteiger partial charge in [-0.3, -0.25) is 0 Å². The third-order valence-corrected chi connectivity index (χ3v) is 3.53. The van der Waals surface area contributed by atoms with Crippen molar-refractivity contribution < 1.29 is 13.5 Å². The standard InChI is InChI=1S/C18H15F2N3O/c1-24-16-5-2-13(3-6-16)8-14(10-23-12-21-11-22-23)17-7-4-15(19)9-18(17)20/h2-9,11-12H,10H2,1H3. The van der Waals surface area contributed by atoms with Crippen molar-refractivity contribution in [3.8, 4) is 5.75 Å². The van der Waals surface area contributed by atoms with Crippen LogP contribution in [0.3, 0.4) is 0 Å². The van der Waals surface area contributed by atoms with Gasteiger partial charge >= 0.3 is 0 Å². The van der Waals surface area contributed by atoms with Crippen molar-refractivity contribution in [1.29, 1.82) is 0 Å². The van der Waals surface area contributed by atoms with Crippen LogP contribution in [0, 0.1) is 11.6 Å². The summed E-state index contributed by atoms with van der Waals surface area (Å²) in [6.45, 7) is 0.314.